The van der Waals surface area contributed by atoms with E-state index in [1.54, 1.807) is 0 Å². The summed E-state index contributed by atoms with van der Waals surface area (Å²) in [5, 5.41) is 3.49. The molecular weight excluding hydrogens is 248 g/mol. The van der Waals surface area contributed by atoms with E-state index < -0.39 is 0 Å². The van der Waals surface area contributed by atoms with Crippen molar-refractivity contribution in [3.05, 3.63) is 30.1 Å². The SMILES string of the molecule is c1cncc(CN2CCN(CC3[C@H]4CNC[C@@H]34)CC2)c1. The monoisotopic (exact) mass is 272 g/mol. The van der Waals surface area contributed by atoms with Crippen LogP contribution in [0.2, 0.25) is 0 Å². The third-order valence-electron chi connectivity index (χ3n) is 5.33. The molecule has 1 aromatic rings. The Bertz CT molecular complexity index is 431. The minimum Gasteiger partial charge on any atom is -0.316 e. The van der Waals surface area contributed by atoms with Gasteiger partial charge in [0.1, 0.15) is 0 Å². The van der Waals surface area contributed by atoms with Gasteiger partial charge in [0, 0.05) is 51.7 Å². The van der Waals surface area contributed by atoms with Crippen molar-refractivity contribution in [3.8, 4) is 0 Å². The van der Waals surface area contributed by atoms with E-state index in [1.807, 2.05) is 18.5 Å². The Morgan fingerprint density at radius 3 is 2.55 bits per heavy atom. The van der Waals surface area contributed by atoms with Crippen LogP contribution in [0.4, 0.5) is 0 Å². The average Bonchev–Trinajstić information content (AvgIpc) is 2.93. The minimum atomic E-state index is 1.00. The molecule has 108 valence electrons. The number of piperazine rings is 1. The number of piperidine rings is 1. The molecule has 4 nitrogen and oxygen atoms in total. The first kappa shape index (κ1) is 12.7. The predicted octanol–water partition coefficient (Wildman–Crippen LogP) is 0.665. The number of hydrogen-bond donors (Lipinski definition) is 1. The van der Waals surface area contributed by atoms with Crippen LogP contribution in [0.1, 0.15) is 5.56 Å². The van der Waals surface area contributed by atoms with E-state index >= 15 is 0 Å². The van der Waals surface area contributed by atoms with Crippen molar-refractivity contribution < 1.29 is 0 Å². The van der Waals surface area contributed by atoms with Crippen molar-refractivity contribution in [3.63, 3.8) is 0 Å². The molecular formula is C16H24N4. The zero-order valence-electron chi connectivity index (χ0n) is 12.0. The van der Waals surface area contributed by atoms with Crippen LogP contribution in [-0.2, 0) is 6.54 Å². The van der Waals surface area contributed by atoms with Gasteiger partial charge in [0.25, 0.3) is 0 Å². The van der Waals surface area contributed by atoms with Crippen LogP contribution in [0.25, 0.3) is 0 Å². The van der Waals surface area contributed by atoms with E-state index in [4.69, 9.17) is 0 Å². The second-order valence-electron chi connectivity index (χ2n) is 6.59. The highest BCUT2D eigenvalue weighted by Crippen LogP contribution is 2.48. The molecule has 0 spiro atoms. The van der Waals surface area contributed by atoms with Gasteiger partial charge in [-0.05, 0) is 42.5 Å². The Morgan fingerprint density at radius 1 is 1.10 bits per heavy atom. The highest BCUT2D eigenvalue weighted by atomic mass is 15.3. The summed E-state index contributed by atoms with van der Waals surface area (Å²) < 4.78 is 0. The number of nitrogens with zero attached hydrogens (tertiary/aromatic N) is 3. The summed E-state index contributed by atoms with van der Waals surface area (Å²) in [6.07, 6.45) is 3.84. The van der Waals surface area contributed by atoms with Crippen molar-refractivity contribution in [2.45, 2.75) is 6.54 Å². The lowest BCUT2D eigenvalue weighted by Crippen LogP contribution is -2.46. The molecule has 2 aliphatic heterocycles. The largest absolute Gasteiger partial charge is 0.316 e. The Labute approximate surface area is 121 Å². The van der Waals surface area contributed by atoms with Crippen molar-refractivity contribution in [1.29, 1.82) is 0 Å². The molecule has 0 radical (unpaired) electrons. The second kappa shape index (κ2) is 5.43. The van der Waals surface area contributed by atoms with E-state index in [1.165, 1.54) is 51.4 Å². The van der Waals surface area contributed by atoms with Crippen LogP contribution in [-0.4, -0.2) is 60.6 Å². The average molecular weight is 272 g/mol. The lowest BCUT2D eigenvalue weighted by molar-refractivity contribution is 0.120. The normalized spacial score (nSPS) is 34.1. The van der Waals surface area contributed by atoms with E-state index in [0.717, 1.165) is 24.3 Å². The van der Waals surface area contributed by atoms with Crippen LogP contribution in [0.5, 0.6) is 0 Å². The maximum Gasteiger partial charge on any atom is 0.0312 e. The van der Waals surface area contributed by atoms with Gasteiger partial charge in [-0.15, -0.1) is 0 Å². The third kappa shape index (κ3) is 2.60. The van der Waals surface area contributed by atoms with Crippen LogP contribution in [0.3, 0.4) is 0 Å². The highest BCUT2D eigenvalue weighted by molar-refractivity contribution is 5.08. The molecule has 3 fully saturated rings. The molecule has 4 heteroatoms. The second-order valence-corrected chi connectivity index (χ2v) is 6.59. The van der Waals surface area contributed by atoms with Gasteiger partial charge in [-0.25, -0.2) is 0 Å². The number of fused-ring (bicyclic) bond motifs is 1. The summed E-state index contributed by atoms with van der Waals surface area (Å²) in [5.74, 6) is 3.01. The molecule has 1 aliphatic carbocycles. The molecule has 0 aromatic carbocycles. The van der Waals surface area contributed by atoms with E-state index in [0.29, 0.717) is 0 Å². The summed E-state index contributed by atoms with van der Waals surface area (Å²) in [6, 6.07) is 4.21. The van der Waals surface area contributed by atoms with Gasteiger partial charge in [-0.1, -0.05) is 6.07 Å². The number of nitrogens with one attached hydrogen (secondary N) is 1. The molecule has 20 heavy (non-hydrogen) atoms. The smallest absolute Gasteiger partial charge is 0.0312 e. The molecule has 0 bridgehead atoms. The summed E-state index contributed by atoms with van der Waals surface area (Å²) in [4.78, 5) is 9.44. The Balaban J connectivity index is 1.22. The Hall–Kier alpha value is -0.970. The number of hydrogen-bond acceptors (Lipinski definition) is 4. The highest BCUT2D eigenvalue weighted by Gasteiger charge is 2.52. The minimum absolute atomic E-state index is 1.00. The van der Waals surface area contributed by atoms with Gasteiger partial charge >= 0.3 is 0 Å². The lowest BCUT2D eigenvalue weighted by Gasteiger charge is -2.35. The number of pyridine rings is 1. The number of aromatic nitrogens is 1. The molecule has 4 rings (SSSR count). The first-order chi connectivity index (χ1) is 9.90. The van der Waals surface area contributed by atoms with Crippen LogP contribution < -0.4 is 5.32 Å². The van der Waals surface area contributed by atoms with Crippen molar-refractivity contribution in [1.82, 2.24) is 20.1 Å². The van der Waals surface area contributed by atoms with Crippen LogP contribution >= 0.6 is 0 Å². The van der Waals surface area contributed by atoms with Gasteiger partial charge in [-0.2, -0.15) is 0 Å². The van der Waals surface area contributed by atoms with E-state index in [2.05, 4.69) is 26.2 Å². The lowest BCUT2D eigenvalue weighted by atomic mass is 10.2. The van der Waals surface area contributed by atoms with Crippen LogP contribution in [0.15, 0.2) is 24.5 Å². The molecule has 1 N–H and O–H groups in total. The summed E-state index contributed by atoms with van der Waals surface area (Å²) >= 11 is 0. The van der Waals surface area contributed by atoms with Crippen molar-refractivity contribution >= 4 is 0 Å². The molecule has 3 heterocycles. The van der Waals surface area contributed by atoms with E-state index in [9.17, 15) is 0 Å². The van der Waals surface area contributed by atoms with Gasteiger partial charge in [0.05, 0.1) is 0 Å². The summed E-state index contributed by atoms with van der Waals surface area (Å²) in [6.45, 7) is 9.84. The van der Waals surface area contributed by atoms with Gasteiger partial charge < -0.3 is 10.2 Å². The topological polar surface area (TPSA) is 31.4 Å². The molecule has 1 saturated carbocycles. The Morgan fingerprint density at radius 2 is 1.85 bits per heavy atom. The molecule has 3 atom stereocenters. The van der Waals surface area contributed by atoms with Gasteiger partial charge in [0.2, 0.25) is 0 Å². The maximum atomic E-state index is 4.20. The van der Waals surface area contributed by atoms with Gasteiger partial charge in [-0.3, -0.25) is 9.88 Å². The first-order valence-electron chi connectivity index (χ1n) is 7.94. The molecule has 3 aliphatic rings. The zero-order chi connectivity index (χ0) is 13.4. The molecule has 1 unspecified atom stereocenters. The maximum absolute atomic E-state index is 4.20. The molecule has 0 amide bonds. The fraction of sp³-hybridized carbons (Fsp3) is 0.688. The molecule has 2 saturated heterocycles. The summed E-state index contributed by atoms with van der Waals surface area (Å²) in [7, 11) is 0. The number of rotatable bonds is 4. The quantitative estimate of drug-likeness (QED) is 0.873. The van der Waals surface area contributed by atoms with E-state index in [-0.39, 0.29) is 0 Å². The first-order valence-corrected chi connectivity index (χ1v) is 7.94. The van der Waals surface area contributed by atoms with Crippen molar-refractivity contribution in [2.24, 2.45) is 17.8 Å². The summed E-state index contributed by atoms with van der Waals surface area (Å²) in [5.41, 5.74) is 1.34. The van der Waals surface area contributed by atoms with Gasteiger partial charge in [0.15, 0.2) is 0 Å². The van der Waals surface area contributed by atoms with Crippen molar-refractivity contribution in [2.75, 3.05) is 45.8 Å². The van der Waals surface area contributed by atoms with Crippen LogP contribution in [0, 0.1) is 17.8 Å². The predicted molar refractivity (Wildman–Crippen MR) is 79.3 cm³/mol. The fourth-order valence-corrected chi connectivity index (χ4v) is 4.00. The fourth-order valence-electron chi connectivity index (χ4n) is 4.00. The zero-order valence-corrected chi connectivity index (χ0v) is 12.0. The third-order valence-corrected chi connectivity index (χ3v) is 5.33. The Kier molecular flexibility index (Phi) is 3.46. The standard InChI is InChI=1S/C16H24N4/c1-2-13(8-17-3-1)11-19-4-6-20(7-5-19)12-16-14-9-18-10-15(14)16/h1-3,8,14-16,18H,4-7,9-12H2/t14-,15+,16?. The molecule has 1 aromatic heterocycles.